The Kier molecular flexibility index (Phi) is 10.9. The number of unbranched alkanes of at least 4 members (excludes halogenated alkanes) is 3. The van der Waals surface area contributed by atoms with Crippen LogP contribution in [-0.2, 0) is 25.7 Å². The average Bonchev–Trinajstić information content (AvgIpc) is 3.63. The molecule has 246 valence electrons. The molecule has 2 bridgehead atoms. The van der Waals surface area contributed by atoms with Crippen LogP contribution in [0.3, 0.4) is 0 Å². The summed E-state index contributed by atoms with van der Waals surface area (Å²) in [5, 5.41) is 9.27. The van der Waals surface area contributed by atoms with Gasteiger partial charge in [0.15, 0.2) is 0 Å². The van der Waals surface area contributed by atoms with Crippen LogP contribution >= 0.6 is 15.9 Å². The van der Waals surface area contributed by atoms with Gasteiger partial charge in [-0.2, -0.15) is 0 Å². The predicted molar refractivity (Wildman–Crippen MR) is 183 cm³/mol. The third kappa shape index (κ3) is 6.21. The summed E-state index contributed by atoms with van der Waals surface area (Å²) in [6.45, 7) is 13.3. The Morgan fingerprint density at radius 1 is 1.00 bits per heavy atom. The Balaban J connectivity index is 1.55. The maximum atomic E-state index is 15.0. The topological polar surface area (TPSA) is 90.4 Å². The highest BCUT2D eigenvalue weighted by Crippen LogP contribution is 2.60. The number of likely N-dealkylation sites (tertiary alicyclic amines) is 1. The van der Waals surface area contributed by atoms with Gasteiger partial charge in [0.25, 0.3) is 5.91 Å². The maximum absolute atomic E-state index is 15.0. The van der Waals surface area contributed by atoms with Crippen molar-refractivity contribution in [2.45, 2.75) is 75.1 Å². The fourth-order valence-electron chi connectivity index (χ4n) is 7.88. The predicted octanol–water partition coefficient (Wildman–Crippen LogP) is 5.34. The normalized spacial score (nSPS) is 26.2. The number of ether oxygens (including phenoxy) is 1. The van der Waals surface area contributed by atoms with Crippen molar-refractivity contribution in [2.24, 2.45) is 11.8 Å². The second-order valence-electron chi connectivity index (χ2n) is 12.8. The molecule has 3 saturated heterocycles. The van der Waals surface area contributed by atoms with E-state index in [4.69, 9.17) is 4.74 Å². The van der Waals surface area contributed by atoms with Gasteiger partial charge < -0.3 is 24.5 Å². The van der Waals surface area contributed by atoms with Gasteiger partial charge in [0.1, 0.15) is 11.6 Å². The number of halogens is 1. The highest BCUT2D eigenvalue weighted by molar-refractivity contribution is 9.09. The number of anilines is 1. The first-order valence-corrected chi connectivity index (χ1v) is 17.3. The van der Waals surface area contributed by atoms with Crippen molar-refractivity contribution < 1.29 is 24.2 Å². The molecule has 1 spiro atoms. The number of hydrogen-bond acceptors (Lipinski definition) is 5. The summed E-state index contributed by atoms with van der Waals surface area (Å²) in [4.78, 5) is 49.1. The van der Waals surface area contributed by atoms with Gasteiger partial charge in [0, 0.05) is 43.3 Å². The fraction of sp³-hybridized carbons (Fsp3) is 0.486. The van der Waals surface area contributed by atoms with Crippen molar-refractivity contribution >= 4 is 39.3 Å². The summed E-state index contributed by atoms with van der Waals surface area (Å²) in [6, 6.07) is 14.8. The zero-order valence-corrected chi connectivity index (χ0v) is 28.5. The number of benzene rings is 2. The first kappa shape index (κ1) is 34.1. The second-order valence-corrected chi connectivity index (χ2v) is 14.0. The van der Waals surface area contributed by atoms with E-state index >= 15 is 0 Å². The van der Waals surface area contributed by atoms with E-state index in [1.807, 2.05) is 62.4 Å². The summed E-state index contributed by atoms with van der Waals surface area (Å²) in [7, 11) is 0. The van der Waals surface area contributed by atoms with E-state index in [1.165, 1.54) is 0 Å². The Hall–Kier alpha value is -3.27. The molecule has 3 aliphatic rings. The number of aryl methyl sites for hydroxylation is 2. The van der Waals surface area contributed by atoms with Crippen LogP contribution in [-0.4, -0.2) is 81.4 Å². The van der Waals surface area contributed by atoms with Crippen molar-refractivity contribution in [3.8, 4) is 0 Å². The summed E-state index contributed by atoms with van der Waals surface area (Å²) >= 11 is 3.81. The third-order valence-electron chi connectivity index (χ3n) is 9.78. The largest absolute Gasteiger partial charge is 0.396 e. The van der Waals surface area contributed by atoms with Gasteiger partial charge in [-0.3, -0.25) is 14.4 Å². The van der Waals surface area contributed by atoms with Gasteiger partial charge in [0.05, 0.1) is 17.9 Å². The molecular weight excluding hydrogens is 646 g/mol. The lowest BCUT2D eigenvalue weighted by atomic mass is 9.70. The van der Waals surface area contributed by atoms with Crippen molar-refractivity contribution in [3.63, 3.8) is 0 Å². The number of nitrogens with zero attached hydrogens (tertiary/aromatic N) is 3. The zero-order chi connectivity index (χ0) is 33.0. The summed E-state index contributed by atoms with van der Waals surface area (Å²) in [5.41, 5.74) is 2.54. The molecule has 2 aromatic carbocycles. The third-order valence-corrected chi connectivity index (χ3v) is 10.6. The van der Waals surface area contributed by atoms with E-state index in [-0.39, 0.29) is 35.7 Å². The summed E-state index contributed by atoms with van der Waals surface area (Å²) in [6.07, 6.45) is 6.33. The van der Waals surface area contributed by atoms with Crippen LogP contribution in [0.5, 0.6) is 0 Å². The maximum Gasteiger partial charge on any atom is 0.253 e. The molecule has 9 heteroatoms. The van der Waals surface area contributed by atoms with Gasteiger partial charge in [0.2, 0.25) is 11.8 Å². The van der Waals surface area contributed by atoms with Crippen LogP contribution in [0.15, 0.2) is 73.8 Å². The molecule has 1 N–H and O–H groups in total. The lowest BCUT2D eigenvalue weighted by Crippen LogP contribution is -2.57. The van der Waals surface area contributed by atoms with Crippen LogP contribution in [0.4, 0.5) is 5.69 Å². The smallest absolute Gasteiger partial charge is 0.253 e. The number of aliphatic hydroxyl groups is 1. The number of alkyl halides is 1. The molecule has 46 heavy (non-hydrogen) atoms. The minimum atomic E-state index is -1.15. The minimum Gasteiger partial charge on any atom is -0.396 e. The lowest BCUT2D eigenvalue weighted by Gasteiger charge is -2.38. The van der Waals surface area contributed by atoms with E-state index in [2.05, 4.69) is 29.1 Å². The molecule has 3 heterocycles. The van der Waals surface area contributed by atoms with Gasteiger partial charge >= 0.3 is 0 Å². The number of fused-ring (bicyclic) bond motifs is 1. The highest BCUT2D eigenvalue weighted by Gasteiger charge is 2.76. The molecule has 8 nitrogen and oxygen atoms in total. The van der Waals surface area contributed by atoms with E-state index in [0.29, 0.717) is 38.9 Å². The molecule has 3 fully saturated rings. The number of para-hydroxylation sites is 1. The van der Waals surface area contributed by atoms with Gasteiger partial charge in [-0.15, -0.1) is 13.2 Å². The van der Waals surface area contributed by atoms with E-state index in [1.54, 1.807) is 26.9 Å². The SMILES string of the molecule is C=CCN(Cc1ccccc1)C(=O)[C@H]1[C@@H]2OC3(CC2Br)C(C(=O)N(CC=C)c2c(C)cccc2C)N(CCCCCCO)C(=O)[C@H]13. The number of hydrogen-bond donors (Lipinski definition) is 1. The van der Waals surface area contributed by atoms with Crippen LogP contribution in [0, 0.1) is 25.7 Å². The minimum absolute atomic E-state index is 0.122. The molecule has 6 atom stereocenters. The first-order chi connectivity index (χ1) is 22.2. The highest BCUT2D eigenvalue weighted by atomic mass is 79.9. The van der Waals surface area contributed by atoms with Crippen LogP contribution < -0.4 is 4.90 Å². The second kappa shape index (κ2) is 14.7. The van der Waals surface area contributed by atoms with Crippen LogP contribution in [0.25, 0.3) is 0 Å². The molecule has 2 aromatic rings. The Bertz CT molecular complexity index is 1430. The van der Waals surface area contributed by atoms with Gasteiger partial charge in [-0.1, -0.05) is 89.5 Å². The number of amides is 3. The van der Waals surface area contributed by atoms with Crippen molar-refractivity contribution in [2.75, 3.05) is 31.1 Å². The monoisotopic (exact) mass is 691 g/mol. The van der Waals surface area contributed by atoms with E-state index < -0.39 is 29.6 Å². The van der Waals surface area contributed by atoms with Crippen molar-refractivity contribution in [1.29, 1.82) is 0 Å². The molecule has 0 aliphatic carbocycles. The number of aliphatic hydroxyl groups excluding tert-OH is 1. The first-order valence-electron chi connectivity index (χ1n) is 16.4. The summed E-state index contributed by atoms with van der Waals surface area (Å²) in [5.74, 6) is -2.09. The summed E-state index contributed by atoms with van der Waals surface area (Å²) < 4.78 is 6.82. The van der Waals surface area contributed by atoms with E-state index in [0.717, 1.165) is 35.2 Å². The zero-order valence-electron chi connectivity index (χ0n) is 26.9. The van der Waals surface area contributed by atoms with Gasteiger partial charge in [-0.05, 0) is 49.8 Å². The Morgan fingerprint density at radius 2 is 1.67 bits per heavy atom. The standard InChI is InChI=1S/C37H46BrN3O5/c1-5-19-39(24-27-17-10-9-11-18-27)34(43)29-30-35(44)41(21-12-7-8-13-22-42)33(37(30)23-28(38)32(29)46-37)36(45)40(20-6-2)31-25(3)15-14-16-26(31)4/h5-6,9-11,14-18,28-30,32-33,42H,1-2,7-8,12-13,19-24H2,3-4H3/t28?,29-,30+,32-,33?,37?/m1/s1. The number of rotatable bonds is 15. The van der Waals surface area contributed by atoms with Crippen LogP contribution in [0.2, 0.25) is 0 Å². The fourth-order valence-corrected chi connectivity index (χ4v) is 8.82. The van der Waals surface area contributed by atoms with Crippen molar-refractivity contribution in [1.82, 2.24) is 9.80 Å². The molecule has 0 radical (unpaired) electrons. The number of carbonyl (C=O) groups excluding carboxylic acids is 3. The average molecular weight is 693 g/mol. The Morgan fingerprint density at radius 3 is 2.33 bits per heavy atom. The molecule has 3 unspecified atom stereocenters. The molecular formula is C37H46BrN3O5. The lowest BCUT2D eigenvalue weighted by molar-refractivity contribution is -0.145. The quantitative estimate of drug-likeness (QED) is 0.155. The van der Waals surface area contributed by atoms with Gasteiger partial charge in [-0.25, -0.2) is 0 Å². The molecule has 3 amide bonds. The molecule has 0 saturated carbocycles. The molecule has 3 aliphatic heterocycles. The van der Waals surface area contributed by atoms with E-state index in [9.17, 15) is 19.5 Å². The molecule has 5 rings (SSSR count). The Labute approximate surface area is 281 Å². The van der Waals surface area contributed by atoms with Crippen molar-refractivity contribution in [3.05, 3.63) is 90.5 Å². The molecule has 0 aromatic heterocycles. The number of carbonyl (C=O) groups is 3. The van der Waals surface area contributed by atoms with Crippen LogP contribution in [0.1, 0.15) is 48.8 Å².